The van der Waals surface area contributed by atoms with Crippen molar-refractivity contribution in [3.8, 4) is 0 Å². The highest BCUT2D eigenvalue weighted by Crippen LogP contribution is 2.23. The molecule has 2 aromatic rings. The second-order valence-corrected chi connectivity index (χ2v) is 6.89. The van der Waals surface area contributed by atoms with E-state index >= 15 is 0 Å². The van der Waals surface area contributed by atoms with Gasteiger partial charge >= 0.3 is 0 Å². The van der Waals surface area contributed by atoms with Gasteiger partial charge in [-0.2, -0.15) is 0 Å². The maximum atomic E-state index is 13.0. The summed E-state index contributed by atoms with van der Waals surface area (Å²) in [6, 6.07) is 13.6. The molecule has 1 aliphatic heterocycles. The van der Waals surface area contributed by atoms with Crippen LogP contribution in [-0.2, 0) is 11.3 Å². The minimum atomic E-state index is -0.259. The van der Waals surface area contributed by atoms with Crippen LogP contribution in [0.3, 0.4) is 0 Å². The summed E-state index contributed by atoms with van der Waals surface area (Å²) in [6.07, 6.45) is 3.39. The molecule has 27 heavy (non-hydrogen) atoms. The Labute approximate surface area is 160 Å². The van der Waals surface area contributed by atoms with Gasteiger partial charge in [-0.15, -0.1) is 0 Å². The van der Waals surface area contributed by atoms with Crippen LogP contribution in [0, 0.1) is 5.92 Å². The molecule has 1 fully saturated rings. The number of carbonyl (C=O) groups excluding carboxylic acids is 2. The molecule has 2 amide bonds. The number of hydrogen-bond donors (Lipinski definition) is 1. The van der Waals surface area contributed by atoms with Crippen LogP contribution in [0.5, 0.6) is 0 Å². The van der Waals surface area contributed by atoms with Gasteiger partial charge in [0.1, 0.15) is 5.69 Å². The molecule has 0 saturated carbocycles. The fraction of sp³-hybridized carbons (Fsp3) is 0.381. The third-order valence-electron chi connectivity index (χ3n) is 5.04. The molecule has 6 heteroatoms. The predicted octanol–water partition coefficient (Wildman–Crippen LogP) is 2.45. The molecule has 0 bridgehead atoms. The highest BCUT2D eigenvalue weighted by Gasteiger charge is 2.25. The molecule has 0 spiro atoms. The summed E-state index contributed by atoms with van der Waals surface area (Å²) in [5, 5.41) is 0. The zero-order chi connectivity index (χ0) is 19.2. The third-order valence-corrected chi connectivity index (χ3v) is 5.04. The Kier molecular flexibility index (Phi) is 6.06. The topological polar surface area (TPSA) is 79.5 Å². The van der Waals surface area contributed by atoms with Gasteiger partial charge in [0.05, 0.1) is 5.92 Å². The average molecular weight is 366 g/mol. The Morgan fingerprint density at radius 2 is 2.04 bits per heavy atom. The SMILES string of the molecule is CCN(Cc1ccccc1)C(=O)c1cc(N2CCC[C@@H](C(N)=O)C2)ccn1. The molecule has 1 aromatic carbocycles. The molecular formula is C21H26N4O2. The number of aromatic nitrogens is 1. The van der Waals surface area contributed by atoms with Gasteiger partial charge in [-0.05, 0) is 37.5 Å². The minimum Gasteiger partial charge on any atom is -0.371 e. The molecule has 3 rings (SSSR count). The van der Waals surface area contributed by atoms with Gasteiger partial charge in [0, 0.05) is 38.1 Å². The Morgan fingerprint density at radius 3 is 2.74 bits per heavy atom. The fourth-order valence-corrected chi connectivity index (χ4v) is 3.47. The normalized spacial score (nSPS) is 16.8. The summed E-state index contributed by atoms with van der Waals surface area (Å²) in [4.78, 5) is 32.7. The first-order chi connectivity index (χ1) is 13.1. The van der Waals surface area contributed by atoms with E-state index in [-0.39, 0.29) is 17.7 Å². The number of primary amides is 1. The van der Waals surface area contributed by atoms with E-state index in [2.05, 4.69) is 9.88 Å². The van der Waals surface area contributed by atoms with Crippen LogP contribution in [0.25, 0.3) is 0 Å². The molecule has 1 aromatic heterocycles. The van der Waals surface area contributed by atoms with Gasteiger partial charge in [-0.3, -0.25) is 14.6 Å². The third kappa shape index (κ3) is 4.64. The first-order valence-corrected chi connectivity index (χ1v) is 9.42. The number of benzene rings is 1. The molecule has 2 N–H and O–H groups in total. The van der Waals surface area contributed by atoms with Crippen LogP contribution in [0.4, 0.5) is 5.69 Å². The second-order valence-electron chi connectivity index (χ2n) is 6.89. The van der Waals surface area contributed by atoms with E-state index in [1.807, 2.05) is 49.4 Å². The maximum absolute atomic E-state index is 13.0. The van der Waals surface area contributed by atoms with E-state index in [9.17, 15) is 9.59 Å². The monoisotopic (exact) mass is 366 g/mol. The molecule has 1 aliphatic rings. The van der Waals surface area contributed by atoms with Crippen molar-refractivity contribution in [2.75, 3.05) is 24.5 Å². The number of carbonyl (C=O) groups is 2. The van der Waals surface area contributed by atoms with Gasteiger partial charge in [0.15, 0.2) is 0 Å². The average Bonchev–Trinajstić information content (AvgIpc) is 2.72. The summed E-state index contributed by atoms with van der Waals surface area (Å²) in [6.45, 7) is 4.56. The molecule has 0 unspecified atom stereocenters. The molecule has 0 aliphatic carbocycles. The quantitative estimate of drug-likeness (QED) is 0.852. The number of piperidine rings is 1. The van der Waals surface area contributed by atoms with Gasteiger partial charge in [0.2, 0.25) is 5.91 Å². The highest BCUT2D eigenvalue weighted by atomic mass is 16.2. The molecule has 142 valence electrons. The molecule has 0 radical (unpaired) electrons. The predicted molar refractivity (Wildman–Crippen MR) is 105 cm³/mol. The number of pyridine rings is 1. The Morgan fingerprint density at radius 1 is 1.26 bits per heavy atom. The van der Waals surface area contributed by atoms with E-state index in [1.54, 1.807) is 11.1 Å². The minimum absolute atomic E-state index is 0.0911. The lowest BCUT2D eigenvalue weighted by molar-refractivity contribution is -0.122. The van der Waals surface area contributed by atoms with E-state index < -0.39 is 0 Å². The van der Waals surface area contributed by atoms with Crippen LogP contribution >= 0.6 is 0 Å². The van der Waals surface area contributed by atoms with E-state index in [4.69, 9.17) is 5.73 Å². The van der Waals surface area contributed by atoms with Crippen molar-refractivity contribution in [1.29, 1.82) is 0 Å². The number of rotatable bonds is 6. The van der Waals surface area contributed by atoms with Crippen LogP contribution in [0.2, 0.25) is 0 Å². The van der Waals surface area contributed by atoms with Gasteiger partial charge in [-0.1, -0.05) is 30.3 Å². The highest BCUT2D eigenvalue weighted by molar-refractivity contribution is 5.93. The van der Waals surface area contributed by atoms with Crippen LogP contribution in [0.15, 0.2) is 48.7 Å². The summed E-state index contributed by atoms with van der Waals surface area (Å²) in [5.74, 6) is -0.493. The fourth-order valence-electron chi connectivity index (χ4n) is 3.47. The number of nitrogens with zero attached hydrogens (tertiary/aromatic N) is 3. The molecule has 1 saturated heterocycles. The van der Waals surface area contributed by atoms with Crippen molar-refractivity contribution in [3.05, 3.63) is 59.9 Å². The zero-order valence-electron chi connectivity index (χ0n) is 15.7. The summed E-state index contributed by atoms with van der Waals surface area (Å²) >= 11 is 0. The van der Waals surface area contributed by atoms with E-state index in [0.717, 1.165) is 30.6 Å². The Bertz CT molecular complexity index is 794. The summed E-state index contributed by atoms with van der Waals surface area (Å²) in [7, 11) is 0. The molecular weight excluding hydrogens is 340 g/mol. The van der Waals surface area contributed by atoms with Crippen molar-refractivity contribution in [2.45, 2.75) is 26.3 Å². The second kappa shape index (κ2) is 8.66. The van der Waals surface area contributed by atoms with Crippen molar-refractivity contribution in [3.63, 3.8) is 0 Å². The van der Waals surface area contributed by atoms with Gasteiger partial charge in [-0.25, -0.2) is 0 Å². The smallest absolute Gasteiger partial charge is 0.272 e. The lowest BCUT2D eigenvalue weighted by atomic mass is 9.97. The molecule has 1 atom stereocenters. The van der Waals surface area contributed by atoms with Gasteiger partial charge < -0.3 is 15.5 Å². The molecule has 6 nitrogen and oxygen atoms in total. The van der Waals surface area contributed by atoms with Crippen molar-refractivity contribution in [2.24, 2.45) is 11.7 Å². The van der Waals surface area contributed by atoms with Crippen molar-refractivity contribution < 1.29 is 9.59 Å². The lowest BCUT2D eigenvalue weighted by Gasteiger charge is -2.33. The maximum Gasteiger partial charge on any atom is 0.272 e. The van der Waals surface area contributed by atoms with Crippen molar-refractivity contribution in [1.82, 2.24) is 9.88 Å². The van der Waals surface area contributed by atoms with Crippen LogP contribution in [-0.4, -0.2) is 41.3 Å². The van der Waals surface area contributed by atoms with E-state index in [1.165, 1.54) is 0 Å². The first kappa shape index (κ1) is 18.9. The summed E-state index contributed by atoms with van der Waals surface area (Å²) < 4.78 is 0. The van der Waals surface area contributed by atoms with E-state index in [0.29, 0.717) is 25.3 Å². The number of nitrogens with two attached hydrogens (primary N) is 1. The largest absolute Gasteiger partial charge is 0.371 e. The molecule has 2 heterocycles. The number of hydrogen-bond acceptors (Lipinski definition) is 4. The van der Waals surface area contributed by atoms with Crippen LogP contribution in [0.1, 0.15) is 35.8 Å². The van der Waals surface area contributed by atoms with Crippen molar-refractivity contribution >= 4 is 17.5 Å². The Balaban J connectivity index is 1.75. The first-order valence-electron chi connectivity index (χ1n) is 9.42. The van der Waals surface area contributed by atoms with Gasteiger partial charge in [0.25, 0.3) is 5.91 Å². The zero-order valence-corrected chi connectivity index (χ0v) is 15.7. The Hall–Kier alpha value is -2.89. The standard InChI is InChI=1S/C21H26N4O2/c1-2-24(14-16-7-4-3-5-8-16)21(27)19-13-18(10-11-23-19)25-12-6-9-17(15-25)20(22)26/h3-5,7-8,10-11,13,17H,2,6,9,12,14-15H2,1H3,(H2,22,26)/t17-/m1/s1. The lowest BCUT2D eigenvalue weighted by Crippen LogP contribution is -2.41. The number of amides is 2. The number of anilines is 1. The summed E-state index contributed by atoms with van der Waals surface area (Å²) in [5.41, 5.74) is 7.90. The van der Waals surface area contributed by atoms with Crippen LogP contribution < -0.4 is 10.6 Å².